The van der Waals surface area contributed by atoms with E-state index in [9.17, 15) is 0 Å². The van der Waals surface area contributed by atoms with Gasteiger partial charge < -0.3 is 4.57 Å². The lowest BCUT2D eigenvalue weighted by Gasteiger charge is -1.95. The summed E-state index contributed by atoms with van der Waals surface area (Å²) >= 11 is 0. The van der Waals surface area contributed by atoms with Crippen LogP contribution in [0.2, 0.25) is 0 Å². The fourth-order valence-corrected chi connectivity index (χ4v) is 3.10. The molecule has 4 aromatic rings. The number of hydrogen-bond acceptors (Lipinski definition) is 2. The maximum atomic E-state index is 7.98. The third kappa shape index (κ3) is 1.02. The molecule has 0 spiro atoms. The van der Waals surface area contributed by atoms with E-state index >= 15 is 0 Å². The second-order valence-corrected chi connectivity index (χ2v) is 5.02. The van der Waals surface area contributed by atoms with Crippen molar-refractivity contribution in [1.82, 2.24) is 18.9 Å². The summed E-state index contributed by atoms with van der Waals surface area (Å²) in [5.41, 5.74) is 5.11. The highest BCUT2D eigenvalue weighted by atomic mass is 15.2. The van der Waals surface area contributed by atoms with Gasteiger partial charge in [0.25, 0.3) is 12.0 Å². The van der Waals surface area contributed by atoms with Crippen molar-refractivity contribution in [2.75, 3.05) is 0 Å². The van der Waals surface area contributed by atoms with Gasteiger partial charge in [-0.3, -0.25) is 9.97 Å². The average molecular weight is 265 g/mol. The maximum absolute atomic E-state index is 7.98. The van der Waals surface area contributed by atoms with E-state index < -0.39 is 6.98 Å². The summed E-state index contributed by atoms with van der Waals surface area (Å²) in [4.78, 5) is 8.35. The van der Waals surface area contributed by atoms with Crippen LogP contribution in [0.5, 0.6) is 0 Å². The van der Waals surface area contributed by atoms with E-state index in [0.717, 1.165) is 28.9 Å². The summed E-state index contributed by atoms with van der Waals surface area (Å²) < 4.78 is 29.3. The Morgan fingerprint density at radius 1 is 1.20 bits per heavy atom. The predicted octanol–water partition coefficient (Wildman–Crippen LogP) is 1.54. The zero-order chi connectivity index (χ0) is 15.8. The van der Waals surface area contributed by atoms with Crippen LogP contribution in [-0.4, -0.2) is 18.9 Å². The summed E-state index contributed by atoms with van der Waals surface area (Å²) in [5, 5.41) is 0. The van der Waals surface area contributed by atoms with Crippen LogP contribution in [0.15, 0.2) is 43.2 Å². The van der Waals surface area contributed by atoms with Crippen LogP contribution in [-0.2, 0) is 13.5 Å². The molecule has 1 aliphatic rings. The van der Waals surface area contributed by atoms with Crippen molar-refractivity contribution >= 4 is 16.7 Å². The Labute approximate surface area is 119 Å². The Balaban J connectivity index is 2.02. The first-order chi connectivity index (χ1) is 11.1. The minimum atomic E-state index is -2.28. The number of pyridine rings is 2. The minimum Gasteiger partial charge on any atom is -0.304 e. The molecule has 5 heterocycles. The molecule has 0 fully saturated rings. The van der Waals surface area contributed by atoms with Crippen molar-refractivity contribution < 1.29 is 8.68 Å². The number of fused-ring (bicyclic) bond motifs is 7. The largest absolute Gasteiger partial charge is 0.304 e. The topological polar surface area (TPSA) is 39.0 Å². The van der Waals surface area contributed by atoms with E-state index in [2.05, 4.69) is 14.5 Å². The van der Waals surface area contributed by atoms with Gasteiger partial charge in [0.2, 0.25) is 5.69 Å². The van der Waals surface area contributed by atoms with Gasteiger partial charge in [-0.15, -0.1) is 0 Å². The van der Waals surface area contributed by atoms with Crippen LogP contribution >= 0.6 is 0 Å². The molecule has 0 unspecified atom stereocenters. The van der Waals surface area contributed by atoms with E-state index in [4.69, 9.17) is 4.11 Å². The standard InChI is InChI=1S/C15H12N5/c1-18-12-3-5-17-7-13(12)20-9-19-8-10-2-4-16-6-11(10)14(19)15(18)20/h2-7,9H,8H2,1H3/q+1/i1D3. The zero-order valence-corrected chi connectivity index (χ0v) is 10.5. The molecule has 0 amide bonds. The van der Waals surface area contributed by atoms with E-state index in [0.29, 0.717) is 11.2 Å². The SMILES string of the molecule is [2H]C([2H])([2H])n1c2ccncc2n2c[n+]3c(c12)-c1cnccc1C3. The lowest BCUT2D eigenvalue weighted by molar-refractivity contribution is -0.671. The van der Waals surface area contributed by atoms with Crippen LogP contribution < -0.4 is 4.57 Å². The maximum Gasteiger partial charge on any atom is 0.255 e. The molecule has 0 atom stereocenters. The molecule has 0 saturated carbocycles. The van der Waals surface area contributed by atoms with E-state index in [-0.39, 0.29) is 0 Å². The summed E-state index contributed by atoms with van der Waals surface area (Å²) in [6.45, 7) is -1.56. The highest BCUT2D eigenvalue weighted by Gasteiger charge is 2.32. The first-order valence-electron chi connectivity index (χ1n) is 7.88. The van der Waals surface area contributed by atoms with Gasteiger partial charge in [-0.25, -0.2) is 4.57 Å². The van der Waals surface area contributed by atoms with Gasteiger partial charge >= 0.3 is 0 Å². The lowest BCUT2D eigenvalue weighted by Crippen LogP contribution is -2.29. The fraction of sp³-hybridized carbons (Fsp3) is 0.133. The van der Waals surface area contributed by atoms with Crippen LogP contribution in [0.1, 0.15) is 9.68 Å². The quantitative estimate of drug-likeness (QED) is 0.398. The normalized spacial score (nSPS) is 15.9. The number of imidazole rings is 2. The highest BCUT2D eigenvalue weighted by molar-refractivity contribution is 5.86. The highest BCUT2D eigenvalue weighted by Crippen LogP contribution is 2.32. The molecule has 0 radical (unpaired) electrons. The van der Waals surface area contributed by atoms with E-state index in [1.165, 1.54) is 4.57 Å². The van der Waals surface area contributed by atoms with E-state index in [1.807, 2.05) is 16.8 Å². The number of aromatic nitrogens is 5. The zero-order valence-electron chi connectivity index (χ0n) is 13.5. The van der Waals surface area contributed by atoms with Crippen LogP contribution in [0.4, 0.5) is 0 Å². The summed E-state index contributed by atoms with van der Waals surface area (Å²) in [5.74, 6) is 0. The molecular formula is C15H12N5+. The van der Waals surface area contributed by atoms with Gasteiger partial charge in [0.1, 0.15) is 6.54 Å². The summed E-state index contributed by atoms with van der Waals surface area (Å²) in [7, 11) is 0. The molecule has 4 aromatic heterocycles. The molecule has 20 heavy (non-hydrogen) atoms. The van der Waals surface area contributed by atoms with Crippen molar-refractivity contribution in [3.05, 3.63) is 48.8 Å². The molecule has 1 aliphatic heterocycles. The molecule has 5 nitrogen and oxygen atoms in total. The van der Waals surface area contributed by atoms with Crippen LogP contribution in [0.3, 0.4) is 0 Å². The Bertz CT molecular complexity index is 1090. The third-order valence-corrected chi connectivity index (χ3v) is 3.98. The second kappa shape index (κ2) is 3.25. The van der Waals surface area contributed by atoms with Crippen molar-refractivity contribution in [1.29, 1.82) is 0 Å². The van der Waals surface area contributed by atoms with Crippen LogP contribution in [0.25, 0.3) is 27.9 Å². The molecule has 0 N–H and O–H groups in total. The Hall–Kier alpha value is -2.69. The average Bonchev–Trinajstić information content (AvgIpc) is 3.12. The first kappa shape index (κ1) is 7.79. The monoisotopic (exact) mass is 265 g/mol. The first-order valence-corrected chi connectivity index (χ1v) is 6.38. The molecule has 5 heteroatoms. The summed E-state index contributed by atoms with van der Waals surface area (Å²) in [6, 6.07) is 3.72. The van der Waals surface area contributed by atoms with E-state index in [1.54, 1.807) is 30.9 Å². The van der Waals surface area contributed by atoms with Gasteiger partial charge in [0, 0.05) is 35.2 Å². The smallest absolute Gasteiger partial charge is 0.255 e. The van der Waals surface area contributed by atoms with Crippen molar-refractivity contribution in [3.8, 4) is 11.3 Å². The second-order valence-electron chi connectivity index (χ2n) is 5.02. The molecule has 0 aliphatic carbocycles. The number of rotatable bonds is 0. The van der Waals surface area contributed by atoms with Crippen LogP contribution in [0, 0.1) is 0 Å². The Morgan fingerprint density at radius 3 is 3.05 bits per heavy atom. The number of aryl methyl sites for hydroxylation is 1. The van der Waals surface area contributed by atoms with Gasteiger partial charge in [-0.2, -0.15) is 4.40 Å². The Kier molecular flexibility index (Phi) is 1.27. The van der Waals surface area contributed by atoms with Gasteiger partial charge in [-0.1, -0.05) is 0 Å². The van der Waals surface area contributed by atoms with Gasteiger partial charge in [0.15, 0.2) is 5.52 Å². The number of hydrogen-bond donors (Lipinski definition) is 0. The molecular weight excluding hydrogens is 250 g/mol. The van der Waals surface area contributed by atoms with Gasteiger partial charge in [0.05, 0.1) is 17.3 Å². The third-order valence-electron chi connectivity index (χ3n) is 3.98. The lowest BCUT2D eigenvalue weighted by atomic mass is 10.1. The molecule has 0 aromatic carbocycles. The fourth-order valence-electron chi connectivity index (χ4n) is 3.10. The number of nitrogens with zero attached hydrogens (tertiary/aromatic N) is 5. The summed E-state index contributed by atoms with van der Waals surface area (Å²) in [6.07, 6.45) is 8.82. The molecule has 5 rings (SSSR count). The van der Waals surface area contributed by atoms with Crippen molar-refractivity contribution in [3.63, 3.8) is 0 Å². The molecule has 0 bridgehead atoms. The minimum absolute atomic E-state index is 0.649. The van der Waals surface area contributed by atoms with Crippen molar-refractivity contribution in [2.45, 2.75) is 6.54 Å². The van der Waals surface area contributed by atoms with Crippen molar-refractivity contribution in [2.24, 2.45) is 6.98 Å². The molecule has 96 valence electrons. The molecule has 0 saturated heterocycles. The predicted molar refractivity (Wildman–Crippen MR) is 74.2 cm³/mol. The Morgan fingerprint density at radius 2 is 2.10 bits per heavy atom. The van der Waals surface area contributed by atoms with Gasteiger partial charge in [-0.05, 0) is 12.1 Å².